The lowest BCUT2D eigenvalue weighted by Gasteiger charge is -2.18. The van der Waals surface area contributed by atoms with Crippen molar-refractivity contribution in [3.8, 4) is 0 Å². The molecule has 0 aromatic carbocycles. The van der Waals surface area contributed by atoms with Crippen LogP contribution in [0.5, 0.6) is 0 Å². The summed E-state index contributed by atoms with van der Waals surface area (Å²) in [7, 11) is 0. The molecule has 64 valence electrons. The van der Waals surface area contributed by atoms with E-state index in [4.69, 9.17) is 9.84 Å². The van der Waals surface area contributed by atoms with Crippen LogP contribution in [0.25, 0.3) is 0 Å². The normalized spacial score (nSPS) is 31.2. The Balaban J connectivity index is 2.58. The Bertz CT molecular complexity index is 153. The number of carbonyl (C=O) groups is 1. The predicted molar refractivity (Wildman–Crippen MR) is 40.3 cm³/mol. The van der Waals surface area contributed by atoms with Gasteiger partial charge in [-0.3, -0.25) is 4.79 Å². The molecule has 0 saturated carbocycles. The first-order valence-corrected chi connectivity index (χ1v) is 3.97. The van der Waals surface area contributed by atoms with Gasteiger partial charge < -0.3 is 9.84 Å². The second-order valence-electron chi connectivity index (χ2n) is 3.31. The largest absolute Gasteiger partial charge is 0.481 e. The third-order valence-electron chi connectivity index (χ3n) is 2.11. The fourth-order valence-electron chi connectivity index (χ4n) is 1.53. The summed E-state index contributed by atoms with van der Waals surface area (Å²) in [5.74, 6) is -0.699. The van der Waals surface area contributed by atoms with Gasteiger partial charge in [-0.25, -0.2) is 0 Å². The summed E-state index contributed by atoms with van der Waals surface area (Å²) >= 11 is 0. The molecule has 0 unspecified atom stereocenters. The van der Waals surface area contributed by atoms with Crippen LogP contribution in [-0.4, -0.2) is 23.8 Å². The predicted octanol–water partition coefficient (Wildman–Crippen LogP) is 1.13. The van der Waals surface area contributed by atoms with Gasteiger partial charge in [0.2, 0.25) is 0 Å². The molecule has 1 rings (SSSR count). The zero-order chi connectivity index (χ0) is 8.43. The van der Waals surface area contributed by atoms with Crippen molar-refractivity contribution in [3.63, 3.8) is 0 Å². The SMILES string of the molecule is CC(C)[C@@H]1OCC[C@H]1C(=O)O. The maximum atomic E-state index is 10.6. The number of ether oxygens (including phenoxy) is 1. The summed E-state index contributed by atoms with van der Waals surface area (Å²) in [6.45, 7) is 4.58. The van der Waals surface area contributed by atoms with Crippen LogP contribution in [0.4, 0.5) is 0 Å². The molecule has 0 aliphatic carbocycles. The quantitative estimate of drug-likeness (QED) is 0.655. The topological polar surface area (TPSA) is 46.5 Å². The van der Waals surface area contributed by atoms with Crippen molar-refractivity contribution in [1.82, 2.24) is 0 Å². The van der Waals surface area contributed by atoms with Crippen LogP contribution in [0.2, 0.25) is 0 Å². The molecule has 1 heterocycles. The minimum Gasteiger partial charge on any atom is -0.481 e. The molecule has 2 atom stereocenters. The first-order valence-electron chi connectivity index (χ1n) is 3.97. The first-order chi connectivity index (χ1) is 5.13. The fraction of sp³-hybridized carbons (Fsp3) is 0.875. The van der Waals surface area contributed by atoms with E-state index in [0.717, 1.165) is 0 Å². The third-order valence-corrected chi connectivity index (χ3v) is 2.11. The van der Waals surface area contributed by atoms with Crippen LogP contribution in [-0.2, 0) is 9.53 Å². The summed E-state index contributed by atoms with van der Waals surface area (Å²) in [5, 5.41) is 8.75. The van der Waals surface area contributed by atoms with E-state index >= 15 is 0 Å². The van der Waals surface area contributed by atoms with E-state index in [1.807, 2.05) is 13.8 Å². The highest BCUT2D eigenvalue weighted by Crippen LogP contribution is 2.26. The van der Waals surface area contributed by atoms with E-state index in [9.17, 15) is 4.79 Å². The van der Waals surface area contributed by atoms with E-state index in [1.54, 1.807) is 0 Å². The van der Waals surface area contributed by atoms with Gasteiger partial charge in [-0.05, 0) is 12.3 Å². The molecule has 3 heteroatoms. The Kier molecular flexibility index (Phi) is 2.49. The Hall–Kier alpha value is -0.570. The van der Waals surface area contributed by atoms with Gasteiger partial charge in [0, 0.05) is 6.61 Å². The van der Waals surface area contributed by atoms with Crippen molar-refractivity contribution in [1.29, 1.82) is 0 Å². The molecule has 0 aromatic rings. The van der Waals surface area contributed by atoms with Crippen molar-refractivity contribution < 1.29 is 14.6 Å². The van der Waals surface area contributed by atoms with Crippen molar-refractivity contribution in [2.45, 2.75) is 26.4 Å². The molecule has 11 heavy (non-hydrogen) atoms. The van der Waals surface area contributed by atoms with Gasteiger partial charge in [0.05, 0.1) is 12.0 Å². The molecule has 1 saturated heterocycles. The minimum atomic E-state index is -0.721. The number of hydrogen-bond acceptors (Lipinski definition) is 2. The lowest BCUT2D eigenvalue weighted by atomic mass is 9.93. The smallest absolute Gasteiger partial charge is 0.309 e. The van der Waals surface area contributed by atoms with Gasteiger partial charge in [-0.15, -0.1) is 0 Å². The lowest BCUT2D eigenvalue weighted by Crippen LogP contribution is -2.28. The average molecular weight is 158 g/mol. The zero-order valence-electron chi connectivity index (χ0n) is 6.91. The molecule has 3 nitrogen and oxygen atoms in total. The van der Waals surface area contributed by atoms with E-state index in [2.05, 4.69) is 0 Å². The van der Waals surface area contributed by atoms with E-state index in [-0.39, 0.29) is 12.0 Å². The summed E-state index contributed by atoms with van der Waals surface area (Å²) in [5.41, 5.74) is 0. The molecular formula is C8H14O3. The molecule has 0 radical (unpaired) electrons. The van der Waals surface area contributed by atoms with Crippen molar-refractivity contribution in [3.05, 3.63) is 0 Å². The lowest BCUT2D eigenvalue weighted by molar-refractivity contribution is -0.144. The number of hydrogen-bond donors (Lipinski definition) is 1. The van der Waals surface area contributed by atoms with Crippen LogP contribution in [0.3, 0.4) is 0 Å². The van der Waals surface area contributed by atoms with Crippen LogP contribution < -0.4 is 0 Å². The Morgan fingerprint density at radius 3 is 2.64 bits per heavy atom. The van der Waals surface area contributed by atoms with E-state index in [0.29, 0.717) is 18.9 Å². The Morgan fingerprint density at radius 2 is 2.27 bits per heavy atom. The third kappa shape index (κ3) is 1.71. The summed E-state index contributed by atoms with van der Waals surface area (Å²) in [6, 6.07) is 0. The molecule has 0 bridgehead atoms. The van der Waals surface area contributed by atoms with Crippen LogP contribution >= 0.6 is 0 Å². The molecule has 1 aliphatic heterocycles. The minimum absolute atomic E-state index is 0.0764. The number of carboxylic acids is 1. The van der Waals surface area contributed by atoms with Gasteiger partial charge >= 0.3 is 5.97 Å². The Morgan fingerprint density at radius 1 is 1.64 bits per heavy atom. The van der Waals surface area contributed by atoms with Crippen LogP contribution in [0.15, 0.2) is 0 Å². The average Bonchev–Trinajstić information content (AvgIpc) is 2.32. The molecular weight excluding hydrogens is 144 g/mol. The molecule has 0 aromatic heterocycles. The monoisotopic (exact) mass is 158 g/mol. The molecule has 1 N–H and O–H groups in total. The number of carboxylic acid groups (broad SMARTS) is 1. The van der Waals surface area contributed by atoms with Crippen LogP contribution in [0, 0.1) is 11.8 Å². The maximum Gasteiger partial charge on any atom is 0.309 e. The van der Waals surface area contributed by atoms with Crippen molar-refractivity contribution >= 4 is 5.97 Å². The molecule has 1 fully saturated rings. The Labute approximate surface area is 66.4 Å². The van der Waals surface area contributed by atoms with Gasteiger partial charge in [0.1, 0.15) is 0 Å². The van der Waals surface area contributed by atoms with Gasteiger partial charge in [-0.2, -0.15) is 0 Å². The first kappa shape index (κ1) is 8.53. The number of rotatable bonds is 2. The highest BCUT2D eigenvalue weighted by atomic mass is 16.5. The van der Waals surface area contributed by atoms with Gasteiger partial charge in [-0.1, -0.05) is 13.8 Å². The van der Waals surface area contributed by atoms with E-state index in [1.165, 1.54) is 0 Å². The van der Waals surface area contributed by atoms with Crippen LogP contribution in [0.1, 0.15) is 20.3 Å². The summed E-state index contributed by atoms with van der Waals surface area (Å²) in [6.07, 6.45) is 0.588. The van der Waals surface area contributed by atoms with Crippen molar-refractivity contribution in [2.24, 2.45) is 11.8 Å². The fourth-order valence-corrected chi connectivity index (χ4v) is 1.53. The standard InChI is InChI=1S/C8H14O3/c1-5(2)7-6(8(9)10)3-4-11-7/h5-7H,3-4H2,1-2H3,(H,9,10)/t6-,7+/m1/s1. The number of aliphatic carboxylic acids is 1. The second-order valence-corrected chi connectivity index (χ2v) is 3.31. The van der Waals surface area contributed by atoms with Gasteiger partial charge in [0.25, 0.3) is 0 Å². The highest BCUT2D eigenvalue weighted by Gasteiger charge is 2.35. The van der Waals surface area contributed by atoms with E-state index < -0.39 is 5.97 Å². The second kappa shape index (κ2) is 3.22. The summed E-state index contributed by atoms with van der Waals surface area (Å²) < 4.78 is 5.31. The van der Waals surface area contributed by atoms with Gasteiger partial charge in [0.15, 0.2) is 0 Å². The maximum absolute atomic E-state index is 10.6. The molecule has 0 spiro atoms. The molecule has 1 aliphatic rings. The molecule has 0 amide bonds. The van der Waals surface area contributed by atoms with Crippen molar-refractivity contribution in [2.75, 3.05) is 6.61 Å². The zero-order valence-corrected chi connectivity index (χ0v) is 6.91. The highest BCUT2D eigenvalue weighted by molar-refractivity contribution is 5.71. The summed E-state index contributed by atoms with van der Waals surface area (Å²) in [4.78, 5) is 10.6.